The molecule has 0 aromatic carbocycles. The molecule has 0 radical (unpaired) electrons. The van der Waals surface area contributed by atoms with Gasteiger partial charge >= 0.3 is 11.9 Å². The lowest BCUT2D eigenvalue weighted by atomic mass is 10.5. The summed E-state index contributed by atoms with van der Waals surface area (Å²) in [5, 5.41) is 16.7. The summed E-state index contributed by atoms with van der Waals surface area (Å²) in [5.74, 6) is 1.51. The van der Waals surface area contributed by atoms with Gasteiger partial charge in [0.25, 0.3) is 0 Å². The molecule has 0 rings (SSSR count). The van der Waals surface area contributed by atoms with Gasteiger partial charge in [-0.25, -0.2) is 0 Å². The van der Waals surface area contributed by atoms with Crippen molar-refractivity contribution in [2.75, 3.05) is 23.0 Å². The summed E-state index contributed by atoms with van der Waals surface area (Å²) in [5.41, 5.74) is 0. The Hall–Kier alpha value is -0.360. The molecule has 0 fully saturated rings. The van der Waals surface area contributed by atoms with E-state index in [1.165, 1.54) is 0 Å². The highest BCUT2D eigenvalue weighted by atomic mass is 32.2. The second-order valence-electron chi connectivity index (χ2n) is 2.51. The van der Waals surface area contributed by atoms with Gasteiger partial charge < -0.3 is 10.2 Å². The van der Waals surface area contributed by atoms with Crippen LogP contribution in [0, 0.1) is 0 Å². The quantitative estimate of drug-likeness (QED) is 0.591. The van der Waals surface area contributed by atoms with Crippen LogP contribution in [0.25, 0.3) is 0 Å². The van der Waals surface area contributed by atoms with E-state index in [4.69, 9.17) is 10.2 Å². The highest BCUT2D eigenvalue weighted by Gasteiger charge is 1.98. The van der Waals surface area contributed by atoms with Gasteiger partial charge in [0.15, 0.2) is 0 Å². The Bertz CT molecular complexity index is 164. The number of carboxylic acid groups (broad SMARTS) is 2. The Labute approximate surface area is 91.5 Å². The number of hydrogen-bond donors (Lipinski definition) is 2. The zero-order valence-electron chi connectivity index (χ0n) is 7.77. The second kappa shape index (κ2) is 9.21. The summed E-state index contributed by atoms with van der Waals surface area (Å²) in [6.07, 6.45) is 0.398. The fourth-order valence-corrected chi connectivity index (χ4v) is 2.63. The highest BCUT2D eigenvalue weighted by molar-refractivity contribution is 8.02. The maximum atomic E-state index is 10.1. The fraction of sp³-hybridized carbons (Fsp3) is 0.750. The maximum absolute atomic E-state index is 10.1. The van der Waals surface area contributed by atoms with Crippen molar-refractivity contribution in [2.24, 2.45) is 0 Å². The van der Waals surface area contributed by atoms with Crippen LogP contribution in [-0.4, -0.2) is 45.2 Å². The third kappa shape index (κ3) is 11.6. The molecule has 0 aromatic rings. The molecule has 0 saturated carbocycles. The summed E-state index contributed by atoms with van der Waals surface area (Å²) >= 11 is 3.18. The van der Waals surface area contributed by atoms with Gasteiger partial charge in [-0.1, -0.05) is 0 Å². The van der Waals surface area contributed by atoms with E-state index >= 15 is 0 Å². The van der Waals surface area contributed by atoms with Crippen molar-refractivity contribution >= 4 is 35.5 Å². The van der Waals surface area contributed by atoms with E-state index in [0.29, 0.717) is 11.5 Å². The lowest BCUT2D eigenvalue weighted by Crippen LogP contribution is -1.99. The van der Waals surface area contributed by atoms with Crippen LogP contribution in [0.15, 0.2) is 0 Å². The van der Waals surface area contributed by atoms with E-state index in [2.05, 4.69) is 0 Å². The van der Waals surface area contributed by atoms with E-state index in [0.717, 1.165) is 11.5 Å². The summed E-state index contributed by atoms with van der Waals surface area (Å²) in [4.78, 5) is 20.3. The summed E-state index contributed by atoms with van der Waals surface area (Å²) in [6.45, 7) is 0. The standard InChI is InChI=1S/C8H14O4S2/c9-7(10)1-3-13-5-6-14-4-2-8(11)12/h1-6H2,(H,9,10)(H,11,12). The molecule has 0 aliphatic rings. The highest BCUT2D eigenvalue weighted by Crippen LogP contribution is 2.08. The Morgan fingerprint density at radius 3 is 1.43 bits per heavy atom. The minimum atomic E-state index is -0.768. The molecule has 0 amide bonds. The minimum Gasteiger partial charge on any atom is -0.481 e. The molecule has 0 aromatic heterocycles. The minimum absolute atomic E-state index is 0.199. The van der Waals surface area contributed by atoms with E-state index in [1.54, 1.807) is 23.5 Å². The van der Waals surface area contributed by atoms with Crippen LogP contribution in [-0.2, 0) is 9.59 Å². The number of carboxylic acids is 2. The maximum Gasteiger partial charge on any atom is 0.304 e. The van der Waals surface area contributed by atoms with E-state index in [9.17, 15) is 9.59 Å². The molecular formula is C8H14O4S2. The van der Waals surface area contributed by atoms with Crippen LogP contribution in [0.1, 0.15) is 12.8 Å². The molecular weight excluding hydrogens is 224 g/mol. The van der Waals surface area contributed by atoms with E-state index < -0.39 is 11.9 Å². The summed E-state index contributed by atoms with van der Waals surface area (Å²) in [6, 6.07) is 0. The molecule has 82 valence electrons. The van der Waals surface area contributed by atoms with Crippen LogP contribution in [0.3, 0.4) is 0 Å². The first kappa shape index (κ1) is 13.6. The smallest absolute Gasteiger partial charge is 0.304 e. The van der Waals surface area contributed by atoms with Crippen molar-refractivity contribution < 1.29 is 19.8 Å². The van der Waals surface area contributed by atoms with Crippen molar-refractivity contribution in [1.29, 1.82) is 0 Å². The molecule has 0 bridgehead atoms. The number of hydrogen-bond acceptors (Lipinski definition) is 4. The summed E-state index contributed by atoms with van der Waals surface area (Å²) in [7, 11) is 0. The molecule has 0 spiro atoms. The van der Waals surface area contributed by atoms with Gasteiger partial charge in [-0.15, -0.1) is 0 Å². The first-order valence-electron chi connectivity index (χ1n) is 4.22. The van der Waals surface area contributed by atoms with Crippen molar-refractivity contribution in [3.05, 3.63) is 0 Å². The van der Waals surface area contributed by atoms with Gasteiger partial charge in [0.05, 0.1) is 12.8 Å². The molecule has 0 aliphatic carbocycles. The van der Waals surface area contributed by atoms with Gasteiger partial charge in [0.2, 0.25) is 0 Å². The third-order valence-electron chi connectivity index (χ3n) is 1.29. The molecule has 0 aliphatic heterocycles. The predicted octanol–water partition coefficient (Wildman–Crippen LogP) is 1.40. The van der Waals surface area contributed by atoms with E-state index in [1.807, 2.05) is 0 Å². The zero-order chi connectivity index (χ0) is 10.8. The topological polar surface area (TPSA) is 74.6 Å². The van der Waals surface area contributed by atoms with Crippen LogP contribution >= 0.6 is 23.5 Å². The number of carbonyl (C=O) groups is 2. The van der Waals surface area contributed by atoms with Crippen LogP contribution < -0.4 is 0 Å². The molecule has 4 nitrogen and oxygen atoms in total. The lowest BCUT2D eigenvalue weighted by molar-refractivity contribution is -0.137. The Balaban J connectivity index is 2.99. The largest absolute Gasteiger partial charge is 0.481 e. The van der Waals surface area contributed by atoms with Crippen molar-refractivity contribution in [3.8, 4) is 0 Å². The fourth-order valence-electron chi connectivity index (χ4n) is 0.641. The lowest BCUT2D eigenvalue weighted by Gasteiger charge is -1.99. The molecule has 14 heavy (non-hydrogen) atoms. The monoisotopic (exact) mass is 238 g/mol. The van der Waals surface area contributed by atoms with Gasteiger partial charge in [0.1, 0.15) is 0 Å². The van der Waals surface area contributed by atoms with Crippen LogP contribution in [0.4, 0.5) is 0 Å². The van der Waals surface area contributed by atoms with Gasteiger partial charge in [0, 0.05) is 23.0 Å². The Morgan fingerprint density at radius 1 is 0.786 bits per heavy atom. The molecule has 0 heterocycles. The van der Waals surface area contributed by atoms with Gasteiger partial charge in [-0.2, -0.15) is 23.5 Å². The Kier molecular flexibility index (Phi) is 8.97. The average molecular weight is 238 g/mol. The third-order valence-corrected chi connectivity index (χ3v) is 3.52. The van der Waals surface area contributed by atoms with Crippen LogP contribution in [0.5, 0.6) is 0 Å². The normalized spacial score (nSPS) is 10.0. The average Bonchev–Trinajstić information content (AvgIpc) is 2.08. The zero-order valence-corrected chi connectivity index (χ0v) is 9.40. The SMILES string of the molecule is O=C(O)CCSCCSCCC(=O)O. The first-order valence-corrected chi connectivity index (χ1v) is 6.53. The van der Waals surface area contributed by atoms with Gasteiger partial charge in [-0.3, -0.25) is 9.59 Å². The Morgan fingerprint density at radius 2 is 1.14 bits per heavy atom. The van der Waals surface area contributed by atoms with Crippen LogP contribution in [0.2, 0.25) is 0 Å². The van der Waals surface area contributed by atoms with E-state index in [-0.39, 0.29) is 12.8 Å². The molecule has 2 N–H and O–H groups in total. The van der Waals surface area contributed by atoms with Crippen molar-refractivity contribution in [1.82, 2.24) is 0 Å². The molecule has 6 heteroatoms. The second-order valence-corrected chi connectivity index (χ2v) is 4.96. The predicted molar refractivity (Wildman–Crippen MR) is 59.2 cm³/mol. The van der Waals surface area contributed by atoms with Crippen molar-refractivity contribution in [2.45, 2.75) is 12.8 Å². The molecule has 0 unspecified atom stereocenters. The molecule has 0 saturated heterocycles. The number of rotatable bonds is 9. The van der Waals surface area contributed by atoms with Crippen molar-refractivity contribution in [3.63, 3.8) is 0 Å². The number of aliphatic carboxylic acids is 2. The summed E-state index contributed by atoms with van der Waals surface area (Å²) < 4.78 is 0. The van der Waals surface area contributed by atoms with Gasteiger partial charge in [-0.05, 0) is 0 Å². The molecule has 0 atom stereocenters. The number of thioether (sulfide) groups is 2. The first-order chi connectivity index (χ1) is 6.63.